The Morgan fingerprint density at radius 1 is 0.949 bits per heavy atom. The van der Waals surface area contributed by atoms with Crippen LogP contribution in [0.4, 0.5) is 26.3 Å². The van der Waals surface area contributed by atoms with Gasteiger partial charge in [0.05, 0.1) is 44.6 Å². The SMILES string of the molecule is COc1ccc([C@@]2(CCOS(C)(=O)=O)CCN(C(=O)Cc3cc(C(F)(F)F)cc(C(F)(F)F)c3)C2)cc1OC. The molecule has 39 heavy (non-hydrogen) atoms. The molecule has 3 rings (SSSR count). The van der Waals surface area contributed by atoms with Crippen LogP contribution in [0.3, 0.4) is 0 Å². The molecule has 7 nitrogen and oxygen atoms in total. The largest absolute Gasteiger partial charge is 0.493 e. The number of benzene rings is 2. The summed E-state index contributed by atoms with van der Waals surface area (Å²) in [5.41, 5.74) is -3.58. The van der Waals surface area contributed by atoms with Gasteiger partial charge in [-0.05, 0) is 54.3 Å². The summed E-state index contributed by atoms with van der Waals surface area (Å²) in [4.78, 5) is 14.4. The van der Waals surface area contributed by atoms with Gasteiger partial charge in [-0.1, -0.05) is 6.07 Å². The van der Waals surface area contributed by atoms with Crippen molar-refractivity contribution in [2.75, 3.05) is 40.2 Å². The van der Waals surface area contributed by atoms with Crippen LogP contribution in [0.5, 0.6) is 11.5 Å². The average molecular weight is 584 g/mol. The third kappa shape index (κ3) is 7.56. The summed E-state index contributed by atoms with van der Waals surface area (Å²) in [5.74, 6) is 0.139. The number of amides is 1. The van der Waals surface area contributed by atoms with Gasteiger partial charge in [0.25, 0.3) is 10.1 Å². The number of ether oxygens (including phenoxy) is 2. The number of carbonyl (C=O) groups excluding carboxylic acids is 1. The Morgan fingerprint density at radius 2 is 1.54 bits per heavy atom. The second kappa shape index (κ2) is 11.2. The molecule has 0 bridgehead atoms. The zero-order chi connectivity index (χ0) is 29.2. The Morgan fingerprint density at radius 3 is 2.05 bits per heavy atom. The van der Waals surface area contributed by atoms with Gasteiger partial charge >= 0.3 is 12.4 Å². The molecule has 0 aromatic heterocycles. The van der Waals surface area contributed by atoms with Crippen molar-refractivity contribution in [3.8, 4) is 11.5 Å². The number of halogens is 6. The van der Waals surface area contributed by atoms with Crippen molar-refractivity contribution in [2.45, 2.75) is 37.0 Å². The number of hydrogen-bond donors (Lipinski definition) is 0. The summed E-state index contributed by atoms with van der Waals surface area (Å²) in [7, 11) is -0.888. The zero-order valence-electron chi connectivity index (χ0n) is 21.3. The molecule has 0 saturated carbocycles. The molecule has 0 N–H and O–H groups in total. The minimum Gasteiger partial charge on any atom is -0.493 e. The van der Waals surface area contributed by atoms with Crippen LogP contribution in [0.15, 0.2) is 36.4 Å². The Kier molecular flexibility index (Phi) is 8.80. The van der Waals surface area contributed by atoms with Gasteiger partial charge in [0.1, 0.15) is 0 Å². The van der Waals surface area contributed by atoms with Gasteiger partial charge in [0, 0.05) is 18.5 Å². The molecule has 2 aromatic carbocycles. The molecule has 0 radical (unpaired) electrons. The molecular formula is C25H27F6NO6S. The monoisotopic (exact) mass is 583 g/mol. The van der Waals surface area contributed by atoms with E-state index in [-0.39, 0.29) is 32.2 Å². The van der Waals surface area contributed by atoms with Crippen molar-refractivity contribution in [2.24, 2.45) is 0 Å². The third-order valence-electron chi connectivity index (χ3n) is 6.58. The topological polar surface area (TPSA) is 82.1 Å². The summed E-state index contributed by atoms with van der Waals surface area (Å²) in [6.07, 6.45) is -9.37. The molecule has 1 atom stereocenters. The fourth-order valence-electron chi connectivity index (χ4n) is 4.63. The van der Waals surface area contributed by atoms with Crippen LogP contribution in [-0.4, -0.2) is 59.4 Å². The minimum absolute atomic E-state index is 0.00764. The van der Waals surface area contributed by atoms with Crippen LogP contribution in [0, 0.1) is 0 Å². The predicted molar refractivity (Wildman–Crippen MR) is 128 cm³/mol. The van der Waals surface area contributed by atoms with E-state index in [0.717, 1.165) is 6.26 Å². The van der Waals surface area contributed by atoms with Crippen LogP contribution in [0.2, 0.25) is 0 Å². The third-order valence-corrected chi connectivity index (χ3v) is 7.18. The van der Waals surface area contributed by atoms with Gasteiger partial charge in [0.15, 0.2) is 11.5 Å². The number of alkyl halides is 6. The zero-order valence-corrected chi connectivity index (χ0v) is 22.1. The van der Waals surface area contributed by atoms with E-state index in [1.807, 2.05) is 0 Å². The highest BCUT2D eigenvalue weighted by Gasteiger charge is 2.42. The van der Waals surface area contributed by atoms with E-state index in [0.29, 0.717) is 35.6 Å². The molecule has 0 aliphatic carbocycles. The van der Waals surface area contributed by atoms with Gasteiger partial charge in [-0.15, -0.1) is 0 Å². The van der Waals surface area contributed by atoms with E-state index in [1.165, 1.54) is 19.1 Å². The molecule has 1 aliphatic rings. The average Bonchev–Trinajstić information content (AvgIpc) is 3.27. The summed E-state index contributed by atoms with van der Waals surface area (Å²) in [5, 5.41) is 0. The fourth-order valence-corrected chi connectivity index (χ4v) is 5.02. The Hall–Kier alpha value is -3.00. The molecule has 0 unspecified atom stereocenters. The first-order valence-electron chi connectivity index (χ1n) is 11.6. The standard InChI is InChI=1S/C25H27F6NO6S/c1-36-20-5-4-17(14-21(20)37-2)23(7-9-38-39(3,34)35)6-8-32(15-23)22(33)12-16-10-18(24(26,27)28)13-19(11-16)25(29,30)31/h4-5,10-11,13-14H,6-9,12,15H2,1-3H3/t23-/m1/s1. The molecular weight excluding hydrogens is 556 g/mol. The quantitative estimate of drug-likeness (QED) is 0.311. The number of nitrogens with zero attached hydrogens (tertiary/aromatic N) is 1. The van der Waals surface area contributed by atoms with Crippen molar-refractivity contribution in [3.63, 3.8) is 0 Å². The van der Waals surface area contributed by atoms with Gasteiger partial charge in [-0.3, -0.25) is 8.98 Å². The smallest absolute Gasteiger partial charge is 0.416 e. The lowest BCUT2D eigenvalue weighted by molar-refractivity contribution is -0.143. The molecule has 1 fully saturated rings. The molecule has 1 heterocycles. The second-order valence-corrected chi connectivity index (χ2v) is 10.9. The molecule has 2 aromatic rings. The van der Waals surface area contributed by atoms with Crippen LogP contribution in [-0.2, 0) is 43.3 Å². The first-order chi connectivity index (χ1) is 18.0. The van der Waals surface area contributed by atoms with Crippen molar-refractivity contribution in [3.05, 3.63) is 58.7 Å². The second-order valence-electron chi connectivity index (χ2n) is 9.28. The van der Waals surface area contributed by atoms with E-state index in [4.69, 9.17) is 13.7 Å². The predicted octanol–water partition coefficient (Wildman–Crippen LogP) is 4.82. The maximum absolute atomic E-state index is 13.2. The molecule has 1 amide bonds. The Labute approximate surface area is 221 Å². The highest BCUT2D eigenvalue weighted by molar-refractivity contribution is 7.85. The molecule has 216 valence electrons. The Bertz CT molecular complexity index is 1280. The fraction of sp³-hybridized carbons (Fsp3) is 0.480. The van der Waals surface area contributed by atoms with Crippen LogP contribution >= 0.6 is 0 Å². The number of hydrogen-bond acceptors (Lipinski definition) is 6. The van der Waals surface area contributed by atoms with Crippen LogP contribution < -0.4 is 9.47 Å². The van der Waals surface area contributed by atoms with E-state index < -0.39 is 56.9 Å². The van der Waals surface area contributed by atoms with E-state index >= 15 is 0 Å². The molecule has 1 saturated heterocycles. The van der Waals surface area contributed by atoms with Crippen molar-refractivity contribution in [1.82, 2.24) is 4.90 Å². The molecule has 14 heteroatoms. The summed E-state index contributed by atoms with van der Waals surface area (Å²) in [6, 6.07) is 6.11. The normalized spacial score (nSPS) is 18.3. The number of carbonyl (C=O) groups is 1. The maximum atomic E-state index is 13.2. The number of methoxy groups -OCH3 is 2. The van der Waals surface area contributed by atoms with E-state index in [1.54, 1.807) is 18.2 Å². The van der Waals surface area contributed by atoms with E-state index in [2.05, 4.69) is 0 Å². The van der Waals surface area contributed by atoms with Crippen molar-refractivity contribution < 1.29 is 53.2 Å². The van der Waals surface area contributed by atoms with Gasteiger partial charge in [-0.25, -0.2) is 0 Å². The first kappa shape index (κ1) is 30.5. The van der Waals surface area contributed by atoms with Gasteiger partial charge in [-0.2, -0.15) is 34.8 Å². The number of likely N-dealkylation sites (tertiary alicyclic amines) is 1. The molecule has 0 spiro atoms. The number of rotatable bonds is 9. The lowest BCUT2D eigenvalue weighted by atomic mass is 9.77. The Balaban J connectivity index is 1.91. The van der Waals surface area contributed by atoms with E-state index in [9.17, 15) is 39.6 Å². The van der Waals surface area contributed by atoms with Gasteiger partial charge in [0.2, 0.25) is 5.91 Å². The summed E-state index contributed by atoms with van der Waals surface area (Å²) in [6.45, 7) is -0.0472. The minimum atomic E-state index is -5.03. The van der Waals surface area contributed by atoms with Gasteiger partial charge < -0.3 is 14.4 Å². The maximum Gasteiger partial charge on any atom is 0.416 e. The highest BCUT2D eigenvalue weighted by Crippen LogP contribution is 2.42. The lowest BCUT2D eigenvalue weighted by Gasteiger charge is -2.30. The molecule has 1 aliphatic heterocycles. The summed E-state index contributed by atoms with van der Waals surface area (Å²) < 4.78 is 118. The van der Waals surface area contributed by atoms with Crippen LogP contribution in [0.25, 0.3) is 0 Å². The van der Waals surface area contributed by atoms with Crippen molar-refractivity contribution in [1.29, 1.82) is 0 Å². The summed E-state index contributed by atoms with van der Waals surface area (Å²) >= 11 is 0. The van der Waals surface area contributed by atoms with Crippen molar-refractivity contribution >= 4 is 16.0 Å². The lowest BCUT2D eigenvalue weighted by Crippen LogP contribution is -2.36. The first-order valence-corrected chi connectivity index (χ1v) is 13.4. The highest BCUT2D eigenvalue weighted by atomic mass is 32.2. The van der Waals surface area contributed by atoms with Crippen LogP contribution in [0.1, 0.15) is 35.1 Å².